The van der Waals surface area contributed by atoms with E-state index in [-0.39, 0.29) is 5.43 Å². The Morgan fingerprint density at radius 1 is 1.00 bits per heavy atom. The summed E-state index contributed by atoms with van der Waals surface area (Å²) in [5.74, 6) is 0.467. The summed E-state index contributed by atoms with van der Waals surface area (Å²) in [4.78, 5) is 19.8. The second kappa shape index (κ2) is 3.16. The molecule has 0 spiro atoms. The van der Waals surface area contributed by atoms with Crippen LogP contribution in [0.1, 0.15) is 0 Å². The van der Waals surface area contributed by atoms with Gasteiger partial charge in [0.15, 0.2) is 28.7 Å². The molecule has 4 rings (SSSR count). The molecule has 1 aromatic carbocycles. The molecule has 1 aliphatic carbocycles. The van der Waals surface area contributed by atoms with Gasteiger partial charge in [0.2, 0.25) is 0 Å². The predicted octanol–water partition coefficient (Wildman–Crippen LogP) is 2.43. The van der Waals surface area contributed by atoms with Crippen molar-refractivity contribution in [3.8, 4) is 11.5 Å². The Morgan fingerprint density at radius 2 is 1.94 bits per heavy atom. The highest BCUT2D eigenvalue weighted by molar-refractivity contribution is 5.89. The molecule has 0 saturated carbocycles. The molecule has 86 valence electrons. The first-order valence-electron chi connectivity index (χ1n) is 5.37. The molecule has 0 saturated heterocycles. The molecule has 18 heavy (non-hydrogen) atoms. The quantitative estimate of drug-likeness (QED) is 0.440. The van der Waals surface area contributed by atoms with Crippen molar-refractivity contribution in [3.63, 3.8) is 0 Å². The molecule has 0 radical (unpaired) electrons. The van der Waals surface area contributed by atoms with Crippen LogP contribution in [0.4, 0.5) is 0 Å². The minimum atomic E-state index is -0.104. The number of hydrogen-bond acceptors (Lipinski definition) is 5. The van der Waals surface area contributed by atoms with Crippen LogP contribution in [0.15, 0.2) is 50.4 Å². The minimum absolute atomic E-state index is 0.104. The van der Waals surface area contributed by atoms with Gasteiger partial charge in [-0.3, -0.25) is 4.79 Å². The first kappa shape index (κ1) is 9.35. The molecule has 1 aromatic heterocycles. The lowest BCUT2D eigenvalue weighted by atomic mass is 10.2. The van der Waals surface area contributed by atoms with E-state index in [9.17, 15) is 4.79 Å². The predicted molar refractivity (Wildman–Crippen MR) is 64.5 cm³/mol. The highest BCUT2D eigenvalue weighted by Gasteiger charge is 2.11. The third-order valence-electron chi connectivity index (χ3n) is 2.80. The van der Waals surface area contributed by atoms with E-state index in [1.165, 1.54) is 18.5 Å². The zero-order valence-corrected chi connectivity index (χ0v) is 9.08. The standard InChI is InChI=1S/C13H6N2O3/c16-7-1-2-8-12(3-7)18-13-5-11-9(14-6-17-11)4-10(13)15-8/h1-6H. The molecule has 0 bridgehead atoms. The van der Waals surface area contributed by atoms with Crippen molar-refractivity contribution in [2.45, 2.75) is 0 Å². The van der Waals surface area contributed by atoms with Crippen molar-refractivity contribution in [1.29, 1.82) is 0 Å². The monoisotopic (exact) mass is 238 g/mol. The van der Waals surface area contributed by atoms with Gasteiger partial charge in [0.25, 0.3) is 0 Å². The van der Waals surface area contributed by atoms with E-state index in [4.69, 9.17) is 8.83 Å². The maximum Gasteiger partial charge on any atom is 0.182 e. The van der Waals surface area contributed by atoms with Gasteiger partial charge >= 0.3 is 0 Å². The molecule has 2 heterocycles. The Labute approximate surface area is 100 Å². The van der Waals surface area contributed by atoms with Crippen LogP contribution in [0, 0.1) is 0 Å². The SMILES string of the molecule is O=c1ccc2nc3cc4ncoc4cc3oc-2c1. The number of nitrogens with zero attached hydrogens (tertiary/aromatic N) is 2. The normalized spacial score (nSPS) is 11.6. The van der Waals surface area contributed by atoms with Gasteiger partial charge < -0.3 is 8.83 Å². The summed E-state index contributed by atoms with van der Waals surface area (Å²) < 4.78 is 10.9. The van der Waals surface area contributed by atoms with E-state index in [2.05, 4.69) is 9.97 Å². The van der Waals surface area contributed by atoms with Crippen LogP contribution in [0.3, 0.4) is 0 Å². The third-order valence-corrected chi connectivity index (χ3v) is 2.80. The summed E-state index contributed by atoms with van der Waals surface area (Å²) in [5.41, 5.74) is 3.15. The number of rotatable bonds is 0. The molecule has 5 heteroatoms. The average molecular weight is 238 g/mol. The molecule has 0 fully saturated rings. The minimum Gasteiger partial charge on any atom is -0.453 e. The summed E-state index contributed by atoms with van der Waals surface area (Å²) in [5, 5.41) is 0. The van der Waals surface area contributed by atoms with Crippen molar-refractivity contribution in [2.75, 3.05) is 0 Å². The van der Waals surface area contributed by atoms with Crippen LogP contribution in [-0.4, -0.2) is 9.97 Å². The van der Waals surface area contributed by atoms with Crippen LogP contribution in [0.25, 0.3) is 33.7 Å². The molecule has 2 aromatic rings. The molecule has 2 aliphatic rings. The van der Waals surface area contributed by atoms with Crippen molar-refractivity contribution >= 4 is 22.2 Å². The van der Waals surface area contributed by atoms with E-state index in [0.717, 1.165) is 5.52 Å². The second-order valence-corrected chi connectivity index (χ2v) is 3.98. The zero-order chi connectivity index (χ0) is 12.1. The average Bonchev–Trinajstić information content (AvgIpc) is 2.80. The zero-order valence-electron chi connectivity index (χ0n) is 9.08. The molecule has 1 aliphatic heterocycles. The molecule has 0 unspecified atom stereocenters. The van der Waals surface area contributed by atoms with Gasteiger partial charge in [-0.1, -0.05) is 0 Å². The summed E-state index contributed by atoms with van der Waals surface area (Å²) in [7, 11) is 0. The number of hydrogen-bond donors (Lipinski definition) is 0. The van der Waals surface area contributed by atoms with Crippen molar-refractivity contribution in [3.05, 3.63) is 46.9 Å². The third kappa shape index (κ3) is 1.24. The van der Waals surface area contributed by atoms with Gasteiger partial charge in [0.05, 0.1) is 0 Å². The summed E-state index contributed by atoms with van der Waals surface area (Å²) in [6.45, 7) is 0. The summed E-state index contributed by atoms with van der Waals surface area (Å²) >= 11 is 0. The largest absolute Gasteiger partial charge is 0.453 e. The molecule has 0 N–H and O–H groups in total. The highest BCUT2D eigenvalue weighted by atomic mass is 16.3. The lowest BCUT2D eigenvalue weighted by Crippen LogP contribution is -1.99. The lowest BCUT2D eigenvalue weighted by molar-refractivity contribution is 0.595. The van der Waals surface area contributed by atoms with Crippen molar-refractivity contribution in [2.24, 2.45) is 0 Å². The molecule has 0 amide bonds. The van der Waals surface area contributed by atoms with Crippen LogP contribution < -0.4 is 5.43 Å². The Kier molecular flexibility index (Phi) is 1.64. The number of aromatic nitrogens is 2. The van der Waals surface area contributed by atoms with E-state index in [1.54, 1.807) is 18.2 Å². The first-order valence-corrected chi connectivity index (χ1v) is 5.37. The van der Waals surface area contributed by atoms with Crippen LogP contribution in [0.2, 0.25) is 0 Å². The van der Waals surface area contributed by atoms with E-state index < -0.39 is 0 Å². The van der Waals surface area contributed by atoms with Crippen LogP contribution in [-0.2, 0) is 0 Å². The fraction of sp³-hybridized carbons (Fsp3) is 0. The lowest BCUT2D eigenvalue weighted by Gasteiger charge is -2.04. The highest BCUT2D eigenvalue weighted by Crippen LogP contribution is 2.26. The van der Waals surface area contributed by atoms with Crippen molar-refractivity contribution in [1.82, 2.24) is 9.97 Å². The number of fused-ring (bicyclic) bond motifs is 3. The Bertz CT molecular complexity index is 907. The smallest absolute Gasteiger partial charge is 0.182 e. The molecule has 5 nitrogen and oxygen atoms in total. The fourth-order valence-electron chi connectivity index (χ4n) is 1.96. The summed E-state index contributed by atoms with van der Waals surface area (Å²) in [6, 6.07) is 8.05. The van der Waals surface area contributed by atoms with E-state index in [0.29, 0.717) is 28.1 Å². The Hall–Kier alpha value is -2.69. The topological polar surface area (TPSA) is 69.1 Å². The number of oxazole rings is 1. The van der Waals surface area contributed by atoms with Gasteiger partial charge in [-0.2, -0.15) is 0 Å². The second-order valence-electron chi connectivity index (χ2n) is 3.98. The number of benzene rings is 2. The van der Waals surface area contributed by atoms with Gasteiger partial charge in [-0.05, 0) is 18.2 Å². The molecular formula is C13H6N2O3. The first-order chi connectivity index (χ1) is 8.79. The molecule has 0 atom stereocenters. The van der Waals surface area contributed by atoms with Gasteiger partial charge in [-0.25, -0.2) is 9.97 Å². The fourth-order valence-corrected chi connectivity index (χ4v) is 1.96. The Balaban J connectivity index is 2.20. The maximum atomic E-state index is 11.3. The summed E-state index contributed by atoms with van der Waals surface area (Å²) in [6.07, 6.45) is 1.37. The van der Waals surface area contributed by atoms with Crippen LogP contribution >= 0.6 is 0 Å². The van der Waals surface area contributed by atoms with Crippen molar-refractivity contribution < 1.29 is 8.83 Å². The van der Waals surface area contributed by atoms with E-state index in [1.807, 2.05) is 0 Å². The maximum absolute atomic E-state index is 11.3. The Morgan fingerprint density at radius 3 is 2.89 bits per heavy atom. The molecular weight excluding hydrogens is 232 g/mol. The van der Waals surface area contributed by atoms with Gasteiger partial charge in [-0.15, -0.1) is 0 Å². The van der Waals surface area contributed by atoms with Gasteiger partial charge in [0.1, 0.15) is 16.7 Å². The van der Waals surface area contributed by atoms with Gasteiger partial charge in [0, 0.05) is 12.1 Å². The van der Waals surface area contributed by atoms with Crippen LogP contribution in [0.5, 0.6) is 0 Å². The van der Waals surface area contributed by atoms with E-state index >= 15 is 0 Å².